The normalized spacial score (nSPS) is 12.4. The predicted molar refractivity (Wildman–Crippen MR) is 151 cm³/mol. The van der Waals surface area contributed by atoms with Gasteiger partial charge in [0.2, 0.25) is 0 Å². The largest absolute Gasteiger partial charge is 0.359 e. The van der Waals surface area contributed by atoms with E-state index in [4.69, 9.17) is 4.98 Å². The molecule has 0 saturated heterocycles. The lowest BCUT2D eigenvalue weighted by Gasteiger charge is -2.12. The minimum atomic E-state index is -0.351. The van der Waals surface area contributed by atoms with Gasteiger partial charge in [-0.2, -0.15) is 16.4 Å². The fourth-order valence-electron chi connectivity index (χ4n) is 4.30. The predicted octanol–water partition coefficient (Wildman–Crippen LogP) is 7.75. The molecule has 4 aromatic heterocycles. The highest BCUT2D eigenvalue weighted by atomic mass is 32.1. The second-order valence-electron chi connectivity index (χ2n) is 8.63. The number of benzene rings is 1. The molecule has 0 radical (unpaired) electrons. The van der Waals surface area contributed by atoms with Crippen LogP contribution >= 0.6 is 11.3 Å². The molecule has 6 nitrogen and oxygen atoms in total. The van der Waals surface area contributed by atoms with Crippen LogP contribution in [0.25, 0.3) is 50.3 Å². The molecule has 0 spiro atoms. The average Bonchev–Trinajstić information content (AvgIpc) is 3.65. The molecule has 5 rings (SSSR count). The second kappa shape index (κ2) is 10.4. The zero-order chi connectivity index (χ0) is 25.9. The molecule has 0 atom stereocenters. The van der Waals surface area contributed by atoms with Gasteiger partial charge in [-0.15, -0.1) is 0 Å². The standard InChI is InChI=1S/C29H27FN6S/c1-5-8-17(4)32-20(7-3)13-18(6-2)21-14-22-25(15-23(21)30)35-36-27(22)29-33-24-9-11-31-26(28(24)34-29)19-10-12-37-16-19/h6-7,9-16,32H,3-5,8H2,1-2H3,(H,33,34)(H,35,36)/b18-6+,20-13+. The number of pyridine rings is 1. The third-order valence-electron chi connectivity index (χ3n) is 6.10. The van der Waals surface area contributed by atoms with E-state index in [1.54, 1.807) is 23.6 Å². The van der Waals surface area contributed by atoms with Gasteiger partial charge in [0.05, 0.1) is 16.7 Å². The van der Waals surface area contributed by atoms with E-state index in [1.165, 1.54) is 6.07 Å². The van der Waals surface area contributed by atoms with E-state index >= 15 is 4.39 Å². The maximum atomic E-state index is 15.3. The Labute approximate surface area is 218 Å². The molecule has 0 amide bonds. The van der Waals surface area contributed by atoms with Gasteiger partial charge in [-0.05, 0) is 54.6 Å². The van der Waals surface area contributed by atoms with E-state index in [1.807, 2.05) is 48.0 Å². The van der Waals surface area contributed by atoms with Crippen molar-refractivity contribution in [2.24, 2.45) is 0 Å². The number of thiophene rings is 1. The first-order valence-corrected chi connectivity index (χ1v) is 13.0. The fourth-order valence-corrected chi connectivity index (χ4v) is 4.94. The molecular weight excluding hydrogens is 483 g/mol. The van der Waals surface area contributed by atoms with Gasteiger partial charge in [-0.3, -0.25) is 10.1 Å². The molecule has 1 aromatic carbocycles. The second-order valence-corrected chi connectivity index (χ2v) is 9.41. The fraction of sp³-hybridized carbons (Fsp3) is 0.138. The Morgan fingerprint density at radius 2 is 2.08 bits per heavy atom. The zero-order valence-electron chi connectivity index (χ0n) is 20.7. The maximum absolute atomic E-state index is 15.3. The Morgan fingerprint density at radius 3 is 2.81 bits per heavy atom. The minimum absolute atomic E-state index is 0.351. The number of rotatable bonds is 9. The van der Waals surface area contributed by atoms with Crippen molar-refractivity contribution in [3.63, 3.8) is 0 Å². The Bertz CT molecular complexity index is 1670. The Hall–Kier alpha value is -4.30. The summed E-state index contributed by atoms with van der Waals surface area (Å²) in [4.78, 5) is 12.7. The molecule has 4 heterocycles. The molecule has 0 aliphatic heterocycles. The number of hydrogen-bond donors (Lipinski definition) is 3. The quantitative estimate of drug-likeness (QED) is 0.177. The summed E-state index contributed by atoms with van der Waals surface area (Å²) in [5, 5.41) is 15.5. The van der Waals surface area contributed by atoms with Crippen molar-refractivity contribution >= 4 is 38.8 Å². The van der Waals surface area contributed by atoms with Crippen LogP contribution in [-0.2, 0) is 0 Å². The summed E-state index contributed by atoms with van der Waals surface area (Å²) >= 11 is 1.61. The van der Waals surface area contributed by atoms with E-state index in [-0.39, 0.29) is 5.82 Å². The molecule has 5 aromatic rings. The lowest BCUT2D eigenvalue weighted by molar-refractivity contribution is 0.626. The molecule has 0 unspecified atom stereocenters. The molecule has 186 valence electrons. The van der Waals surface area contributed by atoms with Crippen LogP contribution in [0.1, 0.15) is 32.3 Å². The van der Waals surface area contributed by atoms with Gasteiger partial charge in [0.1, 0.15) is 17.0 Å². The van der Waals surface area contributed by atoms with Crippen LogP contribution in [0.3, 0.4) is 0 Å². The van der Waals surface area contributed by atoms with E-state index < -0.39 is 0 Å². The van der Waals surface area contributed by atoms with Crippen molar-refractivity contribution in [1.82, 2.24) is 30.5 Å². The van der Waals surface area contributed by atoms with E-state index in [0.29, 0.717) is 28.2 Å². The molecule has 0 fully saturated rings. The third-order valence-corrected chi connectivity index (χ3v) is 6.78. The van der Waals surface area contributed by atoms with Gasteiger partial charge in [0.25, 0.3) is 0 Å². The summed E-state index contributed by atoms with van der Waals surface area (Å²) in [5.74, 6) is 0.238. The van der Waals surface area contributed by atoms with Gasteiger partial charge < -0.3 is 10.3 Å². The van der Waals surface area contributed by atoms with Crippen LogP contribution in [0.4, 0.5) is 4.39 Å². The SMILES string of the molecule is C=C/C(=C\C(=C/C)c1cc2c(-c3nc4c(-c5ccsc5)nccc4[nH]3)n[nH]c2cc1F)NC(=C)CCC. The zero-order valence-corrected chi connectivity index (χ0v) is 21.5. The van der Waals surface area contributed by atoms with Crippen molar-refractivity contribution in [3.05, 3.63) is 95.4 Å². The summed E-state index contributed by atoms with van der Waals surface area (Å²) in [6.45, 7) is 11.9. The Kier molecular flexibility index (Phi) is 6.83. The first-order valence-electron chi connectivity index (χ1n) is 12.0. The van der Waals surface area contributed by atoms with Gasteiger partial charge in [0, 0.05) is 45.6 Å². The first-order chi connectivity index (χ1) is 18.0. The minimum Gasteiger partial charge on any atom is -0.359 e. The smallest absolute Gasteiger partial charge is 0.159 e. The number of allylic oxidation sites excluding steroid dienone is 5. The molecule has 0 aliphatic rings. The third kappa shape index (κ3) is 4.75. The summed E-state index contributed by atoms with van der Waals surface area (Å²) in [6, 6.07) is 7.19. The number of halogens is 1. The van der Waals surface area contributed by atoms with E-state index in [0.717, 1.165) is 51.9 Å². The van der Waals surface area contributed by atoms with Gasteiger partial charge in [-0.25, -0.2) is 9.37 Å². The van der Waals surface area contributed by atoms with Crippen molar-refractivity contribution in [1.29, 1.82) is 0 Å². The highest BCUT2D eigenvalue weighted by molar-refractivity contribution is 7.08. The molecule has 37 heavy (non-hydrogen) atoms. The number of imidazole rings is 1. The van der Waals surface area contributed by atoms with Crippen molar-refractivity contribution in [2.75, 3.05) is 0 Å². The van der Waals surface area contributed by atoms with Crippen LogP contribution in [0.5, 0.6) is 0 Å². The van der Waals surface area contributed by atoms with Gasteiger partial charge in [-0.1, -0.05) is 32.6 Å². The number of H-pyrrole nitrogens is 2. The summed E-state index contributed by atoms with van der Waals surface area (Å²) in [5.41, 5.74) is 7.46. The van der Waals surface area contributed by atoms with Crippen LogP contribution in [0, 0.1) is 5.82 Å². The lowest BCUT2D eigenvalue weighted by Crippen LogP contribution is -2.10. The van der Waals surface area contributed by atoms with Crippen LogP contribution in [-0.4, -0.2) is 25.1 Å². The number of aromatic nitrogens is 5. The summed E-state index contributed by atoms with van der Waals surface area (Å²) < 4.78 is 15.3. The Balaban J connectivity index is 1.58. The average molecular weight is 511 g/mol. The Morgan fingerprint density at radius 1 is 1.22 bits per heavy atom. The van der Waals surface area contributed by atoms with Crippen molar-refractivity contribution < 1.29 is 4.39 Å². The van der Waals surface area contributed by atoms with Crippen molar-refractivity contribution in [3.8, 4) is 22.8 Å². The molecular formula is C29H27FN6S. The summed E-state index contributed by atoms with van der Waals surface area (Å²) in [6.07, 6.45) is 9.04. The summed E-state index contributed by atoms with van der Waals surface area (Å²) in [7, 11) is 0. The highest BCUT2D eigenvalue weighted by Crippen LogP contribution is 2.33. The lowest BCUT2D eigenvalue weighted by atomic mass is 10.0. The number of hydrogen-bond acceptors (Lipinski definition) is 5. The maximum Gasteiger partial charge on any atom is 0.159 e. The van der Waals surface area contributed by atoms with Crippen LogP contribution in [0.2, 0.25) is 0 Å². The van der Waals surface area contributed by atoms with Gasteiger partial charge in [0.15, 0.2) is 5.82 Å². The van der Waals surface area contributed by atoms with Crippen LogP contribution < -0.4 is 5.32 Å². The molecule has 8 heteroatoms. The molecule has 3 N–H and O–H groups in total. The van der Waals surface area contributed by atoms with Gasteiger partial charge >= 0.3 is 0 Å². The molecule has 0 aliphatic carbocycles. The molecule has 0 saturated carbocycles. The topological polar surface area (TPSA) is 82.3 Å². The van der Waals surface area contributed by atoms with E-state index in [9.17, 15) is 0 Å². The number of nitrogens with zero attached hydrogens (tertiary/aromatic N) is 3. The van der Waals surface area contributed by atoms with E-state index in [2.05, 4.69) is 45.6 Å². The highest BCUT2D eigenvalue weighted by Gasteiger charge is 2.18. The monoisotopic (exact) mass is 510 g/mol. The van der Waals surface area contributed by atoms with Crippen molar-refractivity contribution in [2.45, 2.75) is 26.7 Å². The first kappa shape index (κ1) is 24.4. The number of aromatic amines is 2. The number of nitrogens with one attached hydrogen (secondary N) is 3. The number of fused-ring (bicyclic) bond motifs is 2. The van der Waals surface area contributed by atoms with Crippen LogP contribution in [0.15, 0.2) is 84.0 Å². The molecule has 0 bridgehead atoms.